The van der Waals surface area contributed by atoms with Crippen LogP contribution < -0.4 is 20.1 Å². The minimum Gasteiger partial charge on any atom is -0.494 e. The van der Waals surface area contributed by atoms with Crippen LogP contribution >= 0.6 is 0 Å². The van der Waals surface area contributed by atoms with Crippen LogP contribution in [0.15, 0.2) is 150 Å². The first-order valence-corrected chi connectivity index (χ1v) is 15.9. The summed E-state index contributed by atoms with van der Waals surface area (Å²) in [6.45, 7) is 12.9. The summed E-state index contributed by atoms with van der Waals surface area (Å²) in [6, 6.07) is 30.7. The van der Waals surface area contributed by atoms with Gasteiger partial charge in [0.15, 0.2) is 0 Å². The van der Waals surface area contributed by atoms with Crippen molar-refractivity contribution in [1.29, 1.82) is 0 Å². The van der Waals surface area contributed by atoms with Crippen molar-refractivity contribution in [2.45, 2.75) is 41.5 Å². The van der Waals surface area contributed by atoms with Gasteiger partial charge >= 0.3 is 0 Å². The van der Waals surface area contributed by atoms with Crippen molar-refractivity contribution in [3.63, 3.8) is 0 Å². The number of hydrogen-bond acceptors (Lipinski definition) is 10. The van der Waals surface area contributed by atoms with Crippen LogP contribution in [0.1, 0.15) is 41.5 Å². The average Bonchev–Trinajstić information content (AvgIpc) is 3.08. The SMILES string of the molecule is CCOc1ccc(N=N/C2=C(/C)Nc3ccccc3N=C(C)/C(N=Nc3ccc(OCC)cc3)=C(\C)Nc3ccccc3N=C2C)cc1. The van der Waals surface area contributed by atoms with Crippen LogP contribution in [0.25, 0.3) is 0 Å². The predicted octanol–water partition coefficient (Wildman–Crippen LogP) is 11.2. The van der Waals surface area contributed by atoms with Gasteiger partial charge in [-0.05, 0) is 114 Å². The second-order valence-electron chi connectivity index (χ2n) is 10.9. The number of para-hydroxylation sites is 4. The predicted molar refractivity (Wildman–Crippen MR) is 195 cm³/mol. The summed E-state index contributed by atoms with van der Waals surface area (Å²) >= 11 is 0. The van der Waals surface area contributed by atoms with E-state index >= 15 is 0 Å². The van der Waals surface area contributed by atoms with Gasteiger partial charge in [0.05, 0.1) is 58.8 Å². The van der Waals surface area contributed by atoms with Crippen molar-refractivity contribution in [3.8, 4) is 11.5 Å². The average molecular weight is 641 g/mol. The summed E-state index contributed by atoms with van der Waals surface area (Å²) in [5.74, 6) is 1.57. The number of benzene rings is 4. The van der Waals surface area contributed by atoms with Gasteiger partial charge in [-0.15, -0.1) is 10.2 Å². The van der Waals surface area contributed by atoms with Crippen LogP contribution in [0.4, 0.5) is 34.1 Å². The summed E-state index contributed by atoms with van der Waals surface area (Å²) in [6.07, 6.45) is 0. The lowest BCUT2D eigenvalue weighted by Gasteiger charge is -2.16. The van der Waals surface area contributed by atoms with Crippen molar-refractivity contribution < 1.29 is 9.47 Å². The molecule has 0 aromatic heterocycles. The Kier molecular flexibility index (Phi) is 11.2. The number of nitrogens with one attached hydrogen (secondary N) is 2. The Labute approximate surface area is 281 Å². The van der Waals surface area contributed by atoms with Gasteiger partial charge in [-0.2, -0.15) is 10.2 Å². The molecular formula is C38H40N8O2. The van der Waals surface area contributed by atoms with E-state index in [2.05, 4.69) is 31.1 Å². The Bertz CT molecular complexity index is 1780. The van der Waals surface area contributed by atoms with E-state index in [1.807, 2.05) is 139 Å². The molecule has 0 fully saturated rings. The second kappa shape index (κ2) is 16.1. The highest BCUT2D eigenvalue weighted by atomic mass is 16.5. The summed E-state index contributed by atoms with van der Waals surface area (Å²) in [7, 11) is 0. The van der Waals surface area contributed by atoms with Crippen LogP contribution in [-0.4, -0.2) is 24.6 Å². The van der Waals surface area contributed by atoms with Crippen molar-refractivity contribution >= 4 is 45.5 Å². The number of rotatable bonds is 8. The van der Waals surface area contributed by atoms with E-state index in [4.69, 9.17) is 19.5 Å². The Hall–Kier alpha value is -5.90. The number of nitrogens with zero attached hydrogens (tertiary/aromatic N) is 6. The molecule has 0 aliphatic carbocycles. The number of hydrogen-bond donors (Lipinski definition) is 2. The molecule has 0 saturated carbocycles. The molecule has 0 radical (unpaired) electrons. The molecule has 0 bridgehead atoms. The smallest absolute Gasteiger partial charge is 0.126 e. The zero-order valence-electron chi connectivity index (χ0n) is 28.2. The molecule has 10 nitrogen and oxygen atoms in total. The lowest BCUT2D eigenvalue weighted by atomic mass is 10.2. The van der Waals surface area contributed by atoms with Gasteiger partial charge in [0.2, 0.25) is 0 Å². The van der Waals surface area contributed by atoms with Crippen LogP contribution in [0.5, 0.6) is 11.5 Å². The highest BCUT2D eigenvalue weighted by Gasteiger charge is 2.15. The van der Waals surface area contributed by atoms with E-state index in [0.29, 0.717) is 47.4 Å². The third kappa shape index (κ3) is 8.67. The lowest BCUT2D eigenvalue weighted by molar-refractivity contribution is 0.340. The van der Waals surface area contributed by atoms with Crippen LogP contribution in [0.3, 0.4) is 0 Å². The molecule has 1 aliphatic heterocycles. The number of ether oxygens (including phenoxy) is 2. The zero-order valence-corrected chi connectivity index (χ0v) is 28.2. The topological polar surface area (TPSA) is 117 Å². The minimum atomic E-state index is 0.597. The Morgan fingerprint density at radius 3 is 1.25 bits per heavy atom. The van der Waals surface area contributed by atoms with E-state index in [0.717, 1.165) is 45.6 Å². The number of fused-ring (bicyclic) bond motifs is 2. The monoisotopic (exact) mass is 640 g/mol. The number of aliphatic imine (C=N–C) groups is 2. The van der Waals surface area contributed by atoms with Gasteiger partial charge in [0, 0.05) is 11.4 Å². The van der Waals surface area contributed by atoms with E-state index < -0.39 is 0 Å². The summed E-state index contributed by atoms with van der Waals surface area (Å²) in [5, 5.41) is 25.5. The highest BCUT2D eigenvalue weighted by Crippen LogP contribution is 2.32. The first-order chi connectivity index (χ1) is 23.3. The molecular weight excluding hydrogens is 600 g/mol. The third-order valence-electron chi connectivity index (χ3n) is 7.25. The molecule has 0 unspecified atom stereocenters. The van der Waals surface area contributed by atoms with E-state index in [1.54, 1.807) is 0 Å². The fraction of sp³-hybridized carbons (Fsp3) is 0.211. The van der Waals surface area contributed by atoms with Crippen LogP contribution in [0.2, 0.25) is 0 Å². The second-order valence-corrected chi connectivity index (χ2v) is 10.9. The van der Waals surface area contributed by atoms with E-state index in [9.17, 15) is 0 Å². The van der Waals surface area contributed by atoms with Gasteiger partial charge < -0.3 is 20.1 Å². The molecule has 0 atom stereocenters. The van der Waals surface area contributed by atoms with E-state index in [-0.39, 0.29) is 0 Å². The minimum absolute atomic E-state index is 0.597. The van der Waals surface area contributed by atoms with Crippen LogP contribution in [0, 0.1) is 0 Å². The number of azo groups is 2. The Balaban J connectivity index is 1.60. The molecule has 0 saturated heterocycles. The normalized spacial score (nSPS) is 17.0. The maximum absolute atomic E-state index is 5.57. The zero-order chi connectivity index (χ0) is 33.9. The highest BCUT2D eigenvalue weighted by molar-refractivity contribution is 6.03. The lowest BCUT2D eigenvalue weighted by Crippen LogP contribution is -2.08. The van der Waals surface area contributed by atoms with Crippen molar-refractivity contribution in [1.82, 2.24) is 0 Å². The quantitative estimate of drug-likeness (QED) is 0.186. The first kappa shape index (κ1) is 33.5. The largest absolute Gasteiger partial charge is 0.494 e. The molecule has 4 aromatic carbocycles. The Morgan fingerprint density at radius 2 is 0.875 bits per heavy atom. The van der Waals surface area contributed by atoms with Crippen molar-refractivity contribution in [2.75, 3.05) is 23.8 Å². The van der Waals surface area contributed by atoms with Crippen molar-refractivity contribution in [2.24, 2.45) is 30.4 Å². The fourth-order valence-corrected chi connectivity index (χ4v) is 4.95. The molecule has 10 heteroatoms. The molecule has 1 aliphatic rings. The van der Waals surface area contributed by atoms with E-state index in [1.165, 1.54) is 0 Å². The molecule has 0 spiro atoms. The molecule has 5 rings (SSSR count). The number of allylic oxidation sites excluding steroid dienone is 4. The van der Waals surface area contributed by atoms with Crippen LogP contribution in [-0.2, 0) is 0 Å². The van der Waals surface area contributed by atoms with Gasteiger partial charge in [-0.1, -0.05) is 24.3 Å². The maximum Gasteiger partial charge on any atom is 0.126 e. The van der Waals surface area contributed by atoms with Gasteiger partial charge in [0.25, 0.3) is 0 Å². The first-order valence-electron chi connectivity index (χ1n) is 15.9. The molecule has 1 heterocycles. The van der Waals surface area contributed by atoms with Gasteiger partial charge in [-0.3, -0.25) is 0 Å². The molecule has 4 aromatic rings. The standard InChI is InChI=1S/C38H40N8O2/c1-7-47-31-21-17-29(18-22-31)43-45-37-25(3)39-33-13-9-11-15-35(33)41-27(5)38(46-44-30-19-23-32(24-20-30)48-8-2)28(6)42-36-16-12-10-14-34(36)40-26(37)4/h9-24,39,42H,7-8H2,1-6H3/b37-25-,38-28-,40-26?,41-27?,45-43?,46-44?. The molecule has 0 amide bonds. The Morgan fingerprint density at radius 1 is 0.500 bits per heavy atom. The molecule has 2 N–H and O–H groups in total. The summed E-state index contributed by atoms with van der Waals surface area (Å²) in [4.78, 5) is 10.1. The van der Waals surface area contributed by atoms with Gasteiger partial charge in [-0.25, -0.2) is 9.98 Å². The molecule has 244 valence electrons. The number of anilines is 2. The summed E-state index contributed by atoms with van der Waals surface area (Å²) < 4.78 is 11.1. The molecule has 48 heavy (non-hydrogen) atoms. The van der Waals surface area contributed by atoms with Crippen molar-refractivity contribution in [3.05, 3.63) is 120 Å². The maximum atomic E-state index is 5.57. The van der Waals surface area contributed by atoms with Gasteiger partial charge in [0.1, 0.15) is 22.9 Å². The fourth-order valence-electron chi connectivity index (χ4n) is 4.95. The summed E-state index contributed by atoms with van der Waals surface area (Å²) in [5.41, 5.74) is 8.51. The third-order valence-corrected chi connectivity index (χ3v) is 7.25.